The number of rotatable bonds is 5. The number of hydrogen-bond donors (Lipinski definition) is 3. The monoisotopic (exact) mass is 488 g/mol. The van der Waals surface area contributed by atoms with Crippen molar-refractivity contribution in [3.8, 4) is 5.82 Å². The molecule has 1 atom stereocenters. The highest BCUT2D eigenvalue weighted by Crippen LogP contribution is 2.39. The molecule has 0 aliphatic carbocycles. The summed E-state index contributed by atoms with van der Waals surface area (Å²) in [7, 11) is 0. The molecule has 0 saturated heterocycles. The SMILES string of the molecule is C[C@H](NC(=O)Nc1cc(C(F)(F)F)c(Cl)cc1Cl)c1ncnn1-c1ccc(C(=O)O)cn1. The first kappa shape index (κ1) is 23.3. The molecule has 2 aromatic heterocycles. The van der Waals surface area contributed by atoms with E-state index in [-0.39, 0.29) is 27.9 Å². The fourth-order valence-electron chi connectivity index (χ4n) is 2.64. The van der Waals surface area contributed by atoms with E-state index in [0.29, 0.717) is 6.07 Å². The van der Waals surface area contributed by atoms with Crippen LogP contribution < -0.4 is 10.6 Å². The van der Waals surface area contributed by atoms with Gasteiger partial charge in [0, 0.05) is 6.20 Å². The fourth-order valence-corrected chi connectivity index (χ4v) is 3.18. The lowest BCUT2D eigenvalue weighted by Crippen LogP contribution is -2.32. The largest absolute Gasteiger partial charge is 0.478 e. The van der Waals surface area contributed by atoms with Crippen molar-refractivity contribution in [3.63, 3.8) is 0 Å². The molecule has 3 N–H and O–H groups in total. The summed E-state index contributed by atoms with van der Waals surface area (Å²) in [6, 6.07) is 2.60. The maximum absolute atomic E-state index is 13.1. The van der Waals surface area contributed by atoms with Crippen LogP contribution in [-0.2, 0) is 6.18 Å². The molecule has 2 amide bonds. The Bertz CT molecular complexity index is 1170. The Hall–Kier alpha value is -3.38. The van der Waals surface area contributed by atoms with E-state index in [1.165, 1.54) is 23.1 Å². The van der Waals surface area contributed by atoms with Crippen molar-refractivity contribution in [1.29, 1.82) is 0 Å². The molecule has 0 bridgehead atoms. The predicted molar refractivity (Wildman–Crippen MR) is 108 cm³/mol. The maximum Gasteiger partial charge on any atom is 0.417 e. The first-order chi connectivity index (χ1) is 15.0. The average molecular weight is 489 g/mol. The van der Waals surface area contributed by atoms with E-state index >= 15 is 0 Å². The van der Waals surface area contributed by atoms with Gasteiger partial charge in [0.1, 0.15) is 6.33 Å². The van der Waals surface area contributed by atoms with E-state index in [1.807, 2.05) is 0 Å². The molecule has 32 heavy (non-hydrogen) atoms. The summed E-state index contributed by atoms with van der Waals surface area (Å²) in [6.07, 6.45) is -2.40. The molecule has 3 aromatic rings. The molecule has 0 aliphatic heterocycles. The molecule has 3 rings (SSSR count). The van der Waals surface area contributed by atoms with E-state index in [0.717, 1.165) is 12.3 Å². The van der Waals surface area contributed by atoms with Crippen LogP contribution in [0.15, 0.2) is 36.8 Å². The van der Waals surface area contributed by atoms with E-state index in [2.05, 4.69) is 25.7 Å². The number of benzene rings is 1. The molecule has 0 fully saturated rings. The zero-order chi connectivity index (χ0) is 23.6. The van der Waals surface area contributed by atoms with Gasteiger partial charge >= 0.3 is 18.2 Å². The second-order valence-corrected chi connectivity index (χ2v) is 7.18. The number of hydrogen-bond acceptors (Lipinski definition) is 5. The number of carboxylic acids is 1. The van der Waals surface area contributed by atoms with Gasteiger partial charge in [-0.2, -0.15) is 23.0 Å². The van der Waals surface area contributed by atoms with E-state index in [9.17, 15) is 22.8 Å². The molecule has 0 saturated carbocycles. The highest BCUT2D eigenvalue weighted by molar-refractivity contribution is 6.37. The van der Waals surface area contributed by atoms with Gasteiger partial charge < -0.3 is 15.7 Å². The molecule has 0 unspecified atom stereocenters. The van der Waals surface area contributed by atoms with Crippen molar-refractivity contribution in [2.24, 2.45) is 0 Å². The number of carbonyl (C=O) groups excluding carboxylic acids is 1. The highest BCUT2D eigenvalue weighted by atomic mass is 35.5. The van der Waals surface area contributed by atoms with Crippen molar-refractivity contribution >= 4 is 40.9 Å². The van der Waals surface area contributed by atoms with Gasteiger partial charge in [0.15, 0.2) is 11.6 Å². The van der Waals surface area contributed by atoms with E-state index in [1.54, 1.807) is 6.92 Å². The van der Waals surface area contributed by atoms with Crippen molar-refractivity contribution < 1.29 is 27.9 Å². The third kappa shape index (κ3) is 5.08. The lowest BCUT2D eigenvalue weighted by molar-refractivity contribution is -0.137. The Kier molecular flexibility index (Phi) is 6.55. The van der Waals surface area contributed by atoms with Gasteiger partial charge in [-0.15, -0.1) is 0 Å². The van der Waals surface area contributed by atoms with Gasteiger partial charge in [-0.25, -0.2) is 19.6 Å². The quantitative estimate of drug-likeness (QED) is 0.483. The number of anilines is 1. The minimum Gasteiger partial charge on any atom is -0.478 e. The number of aromatic carboxylic acids is 1. The third-order valence-corrected chi connectivity index (χ3v) is 4.76. The molecule has 14 heteroatoms. The Morgan fingerprint density at radius 1 is 1.16 bits per heavy atom. The Labute approximate surface area is 188 Å². The second kappa shape index (κ2) is 9.01. The van der Waals surface area contributed by atoms with Crippen LogP contribution in [0.4, 0.5) is 23.7 Å². The molecule has 2 heterocycles. The zero-order valence-corrected chi connectivity index (χ0v) is 17.5. The number of carbonyl (C=O) groups is 2. The number of amides is 2. The molecule has 1 aromatic carbocycles. The molecule has 9 nitrogen and oxygen atoms in total. The van der Waals surface area contributed by atoms with Crippen LogP contribution >= 0.6 is 23.2 Å². The summed E-state index contributed by atoms with van der Waals surface area (Å²) in [6.45, 7) is 1.55. The first-order valence-electron chi connectivity index (χ1n) is 8.70. The summed E-state index contributed by atoms with van der Waals surface area (Å²) in [5.74, 6) is -0.676. The van der Waals surface area contributed by atoms with Crippen LogP contribution in [0.5, 0.6) is 0 Å². The summed E-state index contributed by atoms with van der Waals surface area (Å²) in [5.41, 5.74) is -1.47. The number of carboxylic acid groups (broad SMARTS) is 1. The van der Waals surface area contributed by atoms with Gasteiger partial charge in [0.25, 0.3) is 0 Å². The molecule has 0 aliphatic rings. The van der Waals surface area contributed by atoms with Gasteiger partial charge in [0.05, 0.1) is 32.9 Å². The Balaban J connectivity index is 1.77. The summed E-state index contributed by atoms with van der Waals surface area (Å²) in [4.78, 5) is 31.4. The Morgan fingerprint density at radius 2 is 1.88 bits per heavy atom. The normalized spacial score (nSPS) is 12.3. The van der Waals surface area contributed by atoms with Crippen LogP contribution in [0.2, 0.25) is 10.0 Å². The number of pyridine rings is 1. The van der Waals surface area contributed by atoms with Crippen LogP contribution in [0.1, 0.15) is 34.7 Å². The van der Waals surface area contributed by atoms with Crippen LogP contribution in [0, 0.1) is 0 Å². The summed E-state index contributed by atoms with van der Waals surface area (Å²) < 4.78 is 40.4. The molecular formula is C18H13Cl2F3N6O3. The number of nitrogens with zero attached hydrogens (tertiary/aromatic N) is 4. The van der Waals surface area contributed by atoms with Crippen LogP contribution in [0.25, 0.3) is 5.82 Å². The summed E-state index contributed by atoms with van der Waals surface area (Å²) in [5, 5.41) is 16.9. The minimum atomic E-state index is -4.73. The number of urea groups is 1. The van der Waals surface area contributed by atoms with Gasteiger partial charge in [-0.3, -0.25) is 0 Å². The molecular weight excluding hydrogens is 476 g/mol. The number of aromatic nitrogens is 4. The lowest BCUT2D eigenvalue weighted by atomic mass is 10.2. The van der Waals surface area contributed by atoms with Gasteiger partial charge in [0.2, 0.25) is 0 Å². The van der Waals surface area contributed by atoms with Crippen molar-refractivity contribution in [3.05, 3.63) is 63.8 Å². The first-order valence-corrected chi connectivity index (χ1v) is 9.46. The third-order valence-electron chi connectivity index (χ3n) is 4.13. The predicted octanol–water partition coefficient (Wildman–Crippen LogP) is 4.57. The molecule has 0 spiro atoms. The van der Waals surface area contributed by atoms with Gasteiger partial charge in [-0.1, -0.05) is 23.2 Å². The highest BCUT2D eigenvalue weighted by Gasteiger charge is 2.34. The zero-order valence-electron chi connectivity index (χ0n) is 16.0. The van der Waals surface area contributed by atoms with E-state index < -0.39 is 34.8 Å². The smallest absolute Gasteiger partial charge is 0.417 e. The number of nitrogens with one attached hydrogen (secondary N) is 2. The van der Waals surface area contributed by atoms with E-state index in [4.69, 9.17) is 28.3 Å². The van der Waals surface area contributed by atoms with Crippen molar-refractivity contribution in [2.75, 3.05) is 5.32 Å². The van der Waals surface area contributed by atoms with Gasteiger partial charge in [-0.05, 0) is 31.2 Å². The lowest BCUT2D eigenvalue weighted by Gasteiger charge is -2.17. The molecule has 0 radical (unpaired) electrons. The standard InChI is InChI=1S/C18H13Cl2F3N6O3/c1-8(15-25-7-26-29(15)14-3-2-9(6-24-14)16(30)31)27-17(32)28-13-4-10(18(21,22)23)11(19)5-12(13)20/h2-8H,1H3,(H,30,31)(H2,27,28,32)/t8-/m0/s1. The second-order valence-electron chi connectivity index (χ2n) is 6.37. The molecule has 168 valence electrons. The van der Waals surface area contributed by atoms with Crippen molar-refractivity contribution in [2.45, 2.75) is 19.1 Å². The Morgan fingerprint density at radius 3 is 2.47 bits per heavy atom. The minimum absolute atomic E-state index is 0.0287. The topological polar surface area (TPSA) is 122 Å². The average Bonchev–Trinajstić information content (AvgIpc) is 3.19. The maximum atomic E-state index is 13.1. The van der Waals surface area contributed by atoms with Crippen LogP contribution in [-0.4, -0.2) is 36.9 Å². The number of alkyl halides is 3. The fraction of sp³-hybridized carbons (Fsp3) is 0.167. The van der Waals surface area contributed by atoms with Crippen molar-refractivity contribution in [1.82, 2.24) is 25.1 Å². The number of halogens is 5. The summed E-state index contributed by atoms with van der Waals surface area (Å²) >= 11 is 11.5. The van der Waals surface area contributed by atoms with Crippen LogP contribution in [0.3, 0.4) is 0 Å².